The van der Waals surface area contributed by atoms with Crippen molar-refractivity contribution >= 4 is 5.91 Å². The van der Waals surface area contributed by atoms with Crippen LogP contribution >= 0.6 is 0 Å². The van der Waals surface area contributed by atoms with Gasteiger partial charge < -0.3 is 10.1 Å². The van der Waals surface area contributed by atoms with E-state index >= 15 is 0 Å². The number of hydrogen-bond donors (Lipinski definition) is 1. The van der Waals surface area contributed by atoms with E-state index in [1.165, 1.54) is 22.9 Å². The van der Waals surface area contributed by atoms with Crippen molar-refractivity contribution in [2.45, 2.75) is 6.54 Å². The molecule has 0 aliphatic carbocycles. The molecule has 0 unspecified atom stereocenters. The first kappa shape index (κ1) is 18.3. The number of hydrogen-bond acceptors (Lipinski definition) is 4. The molecule has 2 aromatic carbocycles. The zero-order valence-corrected chi connectivity index (χ0v) is 14.7. The molecular formula is C20H18FN3O3. The lowest BCUT2D eigenvalue weighted by Gasteiger charge is -2.09. The Hall–Kier alpha value is -3.48. The maximum atomic E-state index is 13.0. The second-order valence-electron chi connectivity index (χ2n) is 5.77. The number of carbonyl (C=O) groups is 1. The van der Waals surface area contributed by atoms with E-state index in [1.807, 2.05) is 0 Å². The number of amides is 1. The molecule has 0 spiro atoms. The SMILES string of the molecule is COc1ccc(C(=O)NCCn2nc(-c3ccc(F)cc3)ccc2=O)cc1. The fourth-order valence-electron chi connectivity index (χ4n) is 2.50. The van der Waals surface area contributed by atoms with E-state index < -0.39 is 0 Å². The van der Waals surface area contributed by atoms with Gasteiger partial charge in [-0.25, -0.2) is 9.07 Å². The molecule has 0 bridgehead atoms. The van der Waals surface area contributed by atoms with Crippen molar-refractivity contribution in [3.8, 4) is 17.0 Å². The van der Waals surface area contributed by atoms with Gasteiger partial charge in [-0.15, -0.1) is 0 Å². The molecule has 0 radical (unpaired) electrons. The van der Waals surface area contributed by atoms with Crippen LogP contribution in [0.25, 0.3) is 11.3 Å². The van der Waals surface area contributed by atoms with Gasteiger partial charge in [0, 0.05) is 23.7 Å². The first-order valence-electron chi connectivity index (χ1n) is 8.33. The summed E-state index contributed by atoms with van der Waals surface area (Å²) in [6.45, 7) is 0.459. The molecule has 138 valence electrons. The number of methoxy groups -OCH3 is 1. The lowest BCUT2D eigenvalue weighted by Crippen LogP contribution is -2.31. The molecule has 0 aliphatic rings. The summed E-state index contributed by atoms with van der Waals surface area (Å²) in [5.74, 6) is 0.0774. The van der Waals surface area contributed by atoms with E-state index in [4.69, 9.17) is 4.74 Å². The minimum Gasteiger partial charge on any atom is -0.497 e. The van der Waals surface area contributed by atoms with Crippen LogP contribution in [0.15, 0.2) is 65.5 Å². The Bertz CT molecular complexity index is 983. The number of halogens is 1. The van der Waals surface area contributed by atoms with Gasteiger partial charge >= 0.3 is 0 Å². The van der Waals surface area contributed by atoms with Crippen molar-refractivity contribution < 1.29 is 13.9 Å². The van der Waals surface area contributed by atoms with Crippen LogP contribution in [-0.4, -0.2) is 29.3 Å². The Balaban J connectivity index is 1.65. The average molecular weight is 367 g/mol. The maximum Gasteiger partial charge on any atom is 0.266 e. The summed E-state index contributed by atoms with van der Waals surface area (Å²) < 4.78 is 19.4. The van der Waals surface area contributed by atoms with Crippen LogP contribution in [0.4, 0.5) is 4.39 Å². The van der Waals surface area contributed by atoms with E-state index in [2.05, 4.69) is 10.4 Å². The number of rotatable bonds is 6. The molecular weight excluding hydrogens is 349 g/mol. The Morgan fingerprint density at radius 2 is 1.78 bits per heavy atom. The maximum absolute atomic E-state index is 13.0. The molecule has 6 nitrogen and oxygen atoms in total. The normalized spacial score (nSPS) is 10.4. The molecule has 27 heavy (non-hydrogen) atoms. The Morgan fingerprint density at radius 1 is 1.07 bits per heavy atom. The fourth-order valence-corrected chi connectivity index (χ4v) is 2.50. The first-order valence-corrected chi connectivity index (χ1v) is 8.33. The van der Waals surface area contributed by atoms with E-state index in [9.17, 15) is 14.0 Å². The number of nitrogens with one attached hydrogen (secondary N) is 1. The summed E-state index contributed by atoms with van der Waals surface area (Å²) in [5, 5.41) is 7.03. The standard InChI is InChI=1S/C20H18FN3O3/c1-27-17-8-4-15(5-9-17)20(26)22-12-13-24-19(25)11-10-18(23-24)14-2-6-16(21)7-3-14/h2-11H,12-13H2,1H3,(H,22,26). The predicted molar refractivity (Wildman–Crippen MR) is 99.2 cm³/mol. The molecule has 0 aliphatic heterocycles. The second kappa shape index (κ2) is 8.27. The van der Waals surface area contributed by atoms with Gasteiger partial charge in [0.1, 0.15) is 11.6 Å². The lowest BCUT2D eigenvalue weighted by atomic mass is 10.1. The van der Waals surface area contributed by atoms with Crippen molar-refractivity contribution in [1.82, 2.24) is 15.1 Å². The number of benzene rings is 2. The van der Waals surface area contributed by atoms with Gasteiger partial charge in [-0.1, -0.05) is 0 Å². The van der Waals surface area contributed by atoms with Gasteiger partial charge in [0.25, 0.3) is 11.5 Å². The molecule has 0 fully saturated rings. The molecule has 0 atom stereocenters. The summed E-state index contributed by atoms with van der Waals surface area (Å²) in [5.41, 5.74) is 1.47. The molecule has 1 amide bonds. The van der Waals surface area contributed by atoms with Gasteiger partial charge in [-0.3, -0.25) is 9.59 Å². The van der Waals surface area contributed by atoms with Gasteiger partial charge in [0.05, 0.1) is 19.3 Å². The molecule has 1 heterocycles. The summed E-state index contributed by atoms with van der Waals surface area (Å²) >= 11 is 0. The highest BCUT2D eigenvalue weighted by molar-refractivity contribution is 5.94. The molecule has 0 saturated carbocycles. The van der Waals surface area contributed by atoms with Gasteiger partial charge in [0.15, 0.2) is 0 Å². The molecule has 1 N–H and O–H groups in total. The molecule has 3 rings (SSSR count). The van der Waals surface area contributed by atoms with Crippen molar-refractivity contribution in [3.05, 3.63) is 82.4 Å². The highest BCUT2D eigenvalue weighted by atomic mass is 19.1. The number of ether oxygens (including phenoxy) is 1. The largest absolute Gasteiger partial charge is 0.497 e. The zero-order chi connectivity index (χ0) is 19.2. The van der Waals surface area contributed by atoms with E-state index in [0.717, 1.165) is 0 Å². The fraction of sp³-hybridized carbons (Fsp3) is 0.150. The minimum atomic E-state index is -0.340. The smallest absolute Gasteiger partial charge is 0.266 e. The van der Waals surface area contributed by atoms with Crippen molar-refractivity contribution in [3.63, 3.8) is 0 Å². The lowest BCUT2D eigenvalue weighted by molar-refractivity contribution is 0.0951. The molecule has 1 aromatic heterocycles. The van der Waals surface area contributed by atoms with Crippen LogP contribution in [0.2, 0.25) is 0 Å². The third-order valence-electron chi connectivity index (χ3n) is 3.97. The van der Waals surface area contributed by atoms with Gasteiger partial charge in [-0.05, 0) is 54.6 Å². The summed E-state index contributed by atoms with van der Waals surface area (Å²) in [6.07, 6.45) is 0. The van der Waals surface area contributed by atoms with Crippen LogP contribution in [0.3, 0.4) is 0 Å². The predicted octanol–water partition coefficient (Wildman–Crippen LogP) is 2.49. The summed E-state index contributed by atoms with van der Waals surface area (Å²) in [7, 11) is 1.56. The summed E-state index contributed by atoms with van der Waals surface area (Å²) in [4.78, 5) is 24.1. The third-order valence-corrected chi connectivity index (χ3v) is 3.97. The van der Waals surface area contributed by atoms with Crippen molar-refractivity contribution in [1.29, 1.82) is 0 Å². The quantitative estimate of drug-likeness (QED) is 0.727. The summed E-state index contributed by atoms with van der Waals surface area (Å²) in [6, 6.07) is 15.6. The van der Waals surface area contributed by atoms with Crippen LogP contribution < -0.4 is 15.6 Å². The number of aromatic nitrogens is 2. The minimum absolute atomic E-state index is 0.218. The Morgan fingerprint density at radius 3 is 2.44 bits per heavy atom. The van der Waals surface area contributed by atoms with E-state index in [1.54, 1.807) is 49.6 Å². The van der Waals surface area contributed by atoms with E-state index in [0.29, 0.717) is 22.6 Å². The highest BCUT2D eigenvalue weighted by Gasteiger charge is 2.07. The number of carbonyl (C=O) groups excluding carboxylic acids is 1. The van der Waals surface area contributed by atoms with Crippen molar-refractivity contribution in [2.75, 3.05) is 13.7 Å². The highest BCUT2D eigenvalue weighted by Crippen LogP contribution is 2.15. The molecule has 0 saturated heterocycles. The number of nitrogens with zero attached hydrogens (tertiary/aromatic N) is 2. The molecule has 7 heteroatoms. The first-order chi connectivity index (χ1) is 13.1. The Kier molecular flexibility index (Phi) is 5.61. The van der Waals surface area contributed by atoms with Gasteiger partial charge in [0.2, 0.25) is 0 Å². The third kappa shape index (κ3) is 4.58. The topological polar surface area (TPSA) is 73.2 Å². The van der Waals surface area contributed by atoms with E-state index in [-0.39, 0.29) is 30.4 Å². The second-order valence-corrected chi connectivity index (χ2v) is 5.77. The van der Waals surface area contributed by atoms with Crippen LogP contribution in [0.5, 0.6) is 5.75 Å². The Labute approximate surface area is 155 Å². The van der Waals surface area contributed by atoms with Gasteiger partial charge in [-0.2, -0.15) is 5.10 Å². The van der Waals surface area contributed by atoms with Crippen LogP contribution in [-0.2, 0) is 6.54 Å². The van der Waals surface area contributed by atoms with Crippen molar-refractivity contribution in [2.24, 2.45) is 0 Å². The van der Waals surface area contributed by atoms with Crippen LogP contribution in [0, 0.1) is 5.82 Å². The zero-order valence-electron chi connectivity index (χ0n) is 14.7. The average Bonchev–Trinajstić information content (AvgIpc) is 2.70. The van der Waals surface area contributed by atoms with Crippen LogP contribution in [0.1, 0.15) is 10.4 Å². The monoisotopic (exact) mass is 367 g/mol. The molecule has 3 aromatic rings.